The van der Waals surface area contributed by atoms with Gasteiger partial charge in [-0.1, -0.05) is 60.7 Å². The van der Waals surface area contributed by atoms with Gasteiger partial charge in [-0.2, -0.15) is 0 Å². The highest BCUT2D eigenvalue weighted by atomic mass is 16.5. The van der Waals surface area contributed by atoms with Gasteiger partial charge in [0.1, 0.15) is 5.92 Å². The molecule has 2 rings (SSSR count). The minimum absolute atomic E-state index is 0.0861. The molecule has 0 aliphatic rings. The molecule has 0 radical (unpaired) electrons. The van der Waals surface area contributed by atoms with Gasteiger partial charge in [-0.25, -0.2) is 0 Å². The van der Waals surface area contributed by atoms with Crippen LogP contribution in [0.15, 0.2) is 60.7 Å². The summed E-state index contributed by atoms with van der Waals surface area (Å²) in [4.78, 5) is 36.6. The topological polar surface area (TPSA) is 60.4 Å². The lowest BCUT2D eigenvalue weighted by Crippen LogP contribution is -2.27. The van der Waals surface area contributed by atoms with E-state index in [-0.39, 0.29) is 30.8 Å². The molecule has 0 saturated carbocycles. The van der Waals surface area contributed by atoms with Gasteiger partial charge in [0, 0.05) is 18.4 Å². The lowest BCUT2D eigenvalue weighted by Gasteiger charge is -2.13. The van der Waals surface area contributed by atoms with Gasteiger partial charge in [0.2, 0.25) is 0 Å². The number of ketones is 2. The van der Waals surface area contributed by atoms with Crippen molar-refractivity contribution in [3.05, 3.63) is 71.8 Å². The minimum Gasteiger partial charge on any atom is -0.468 e. The summed E-state index contributed by atoms with van der Waals surface area (Å²) < 4.78 is 4.74. The molecule has 24 heavy (non-hydrogen) atoms. The van der Waals surface area contributed by atoms with Crippen molar-refractivity contribution in [3.63, 3.8) is 0 Å². The van der Waals surface area contributed by atoms with Crippen LogP contribution in [0.1, 0.15) is 28.8 Å². The van der Waals surface area contributed by atoms with E-state index in [0.717, 1.165) is 5.56 Å². The Labute approximate surface area is 141 Å². The zero-order valence-corrected chi connectivity index (χ0v) is 13.6. The van der Waals surface area contributed by atoms with E-state index in [2.05, 4.69) is 0 Å². The molecular formula is C20H20O4. The lowest BCUT2D eigenvalue weighted by molar-refractivity contribution is -0.149. The van der Waals surface area contributed by atoms with Crippen LogP contribution >= 0.6 is 0 Å². The van der Waals surface area contributed by atoms with Crippen molar-refractivity contribution in [1.29, 1.82) is 0 Å². The van der Waals surface area contributed by atoms with Gasteiger partial charge in [-0.15, -0.1) is 0 Å². The van der Waals surface area contributed by atoms with E-state index in [0.29, 0.717) is 5.56 Å². The number of hydrogen-bond donors (Lipinski definition) is 0. The maximum Gasteiger partial charge on any atom is 0.316 e. The number of carbonyl (C=O) groups is 3. The summed E-state index contributed by atoms with van der Waals surface area (Å²) in [7, 11) is 1.25. The standard InChI is InChI=1S/C20H20O4/c1-24-20(23)17(19(22)14-15-8-4-2-5-9-15)12-13-18(21)16-10-6-3-7-11-16/h2-11,17H,12-14H2,1H3. The van der Waals surface area contributed by atoms with Crippen LogP contribution < -0.4 is 0 Å². The molecule has 0 bridgehead atoms. The molecule has 1 unspecified atom stereocenters. The zero-order valence-electron chi connectivity index (χ0n) is 13.6. The first-order valence-corrected chi connectivity index (χ1v) is 7.84. The highest BCUT2D eigenvalue weighted by Crippen LogP contribution is 2.16. The largest absolute Gasteiger partial charge is 0.468 e. The third kappa shape index (κ3) is 4.88. The molecule has 0 amide bonds. The summed E-state index contributed by atoms with van der Waals surface area (Å²) in [6.45, 7) is 0. The molecule has 0 saturated heterocycles. The van der Waals surface area contributed by atoms with Crippen LogP contribution in [0.3, 0.4) is 0 Å². The van der Waals surface area contributed by atoms with Crippen molar-refractivity contribution >= 4 is 17.5 Å². The molecule has 0 spiro atoms. The molecule has 0 heterocycles. The van der Waals surface area contributed by atoms with Crippen molar-refractivity contribution in [2.45, 2.75) is 19.3 Å². The number of benzene rings is 2. The first-order valence-electron chi connectivity index (χ1n) is 7.84. The molecule has 4 heteroatoms. The van der Waals surface area contributed by atoms with Crippen molar-refractivity contribution in [1.82, 2.24) is 0 Å². The molecule has 2 aromatic carbocycles. The summed E-state index contributed by atoms with van der Waals surface area (Å²) in [6.07, 6.45) is 0.441. The van der Waals surface area contributed by atoms with E-state index < -0.39 is 11.9 Å². The molecule has 0 aromatic heterocycles. The Morgan fingerprint density at radius 2 is 1.50 bits per heavy atom. The number of esters is 1. The Kier molecular flexibility index (Phi) is 6.43. The van der Waals surface area contributed by atoms with Crippen LogP contribution in [-0.2, 0) is 20.7 Å². The van der Waals surface area contributed by atoms with Crippen LogP contribution in [-0.4, -0.2) is 24.6 Å². The third-order valence-electron chi connectivity index (χ3n) is 3.85. The van der Waals surface area contributed by atoms with E-state index >= 15 is 0 Å². The van der Waals surface area contributed by atoms with Crippen molar-refractivity contribution in [2.75, 3.05) is 7.11 Å². The predicted octanol–water partition coefficient (Wildman–Crippen LogP) is 3.25. The van der Waals surface area contributed by atoms with Crippen LogP contribution in [0.25, 0.3) is 0 Å². The number of rotatable bonds is 8. The molecular weight excluding hydrogens is 304 g/mol. The maximum absolute atomic E-state index is 12.4. The highest BCUT2D eigenvalue weighted by molar-refractivity contribution is 6.01. The van der Waals surface area contributed by atoms with E-state index in [1.807, 2.05) is 36.4 Å². The molecule has 124 valence electrons. The zero-order chi connectivity index (χ0) is 17.4. The second-order valence-corrected chi connectivity index (χ2v) is 5.53. The van der Waals surface area contributed by atoms with Crippen LogP contribution in [0.2, 0.25) is 0 Å². The predicted molar refractivity (Wildman–Crippen MR) is 90.7 cm³/mol. The first kappa shape index (κ1) is 17.6. The van der Waals surface area contributed by atoms with E-state index in [1.165, 1.54) is 7.11 Å². The summed E-state index contributed by atoms with van der Waals surface area (Å²) in [6, 6.07) is 18.1. The van der Waals surface area contributed by atoms with Gasteiger partial charge in [-0.3, -0.25) is 14.4 Å². The summed E-state index contributed by atoms with van der Waals surface area (Å²) >= 11 is 0. The van der Waals surface area contributed by atoms with Gasteiger partial charge in [-0.05, 0) is 12.0 Å². The second kappa shape index (κ2) is 8.77. The normalized spacial score (nSPS) is 11.5. The maximum atomic E-state index is 12.4. The number of Topliss-reactive ketones (excluding diaryl/α,β-unsaturated/α-hetero) is 2. The number of carbonyl (C=O) groups excluding carboxylic acids is 3. The third-order valence-corrected chi connectivity index (χ3v) is 3.85. The van der Waals surface area contributed by atoms with E-state index in [9.17, 15) is 14.4 Å². The average Bonchev–Trinajstić information content (AvgIpc) is 2.63. The quantitative estimate of drug-likeness (QED) is 0.425. The Bertz CT molecular complexity index is 692. The van der Waals surface area contributed by atoms with E-state index in [1.54, 1.807) is 24.3 Å². The molecule has 2 aromatic rings. The Hall–Kier alpha value is -2.75. The van der Waals surface area contributed by atoms with E-state index in [4.69, 9.17) is 4.74 Å². The van der Waals surface area contributed by atoms with Crippen molar-refractivity contribution in [3.8, 4) is 0 Å². The fourth-order valence-corrected chi connectivity index (χ4v) is 2.52. The second-order valence-electron chi connectivity index (χ2n) is 5.53. The molecule has 0 aliphatic carbocycles. The van der Waals surface area contributed by atoms with Gasteiger partial charge < -0.3 is 4.74 Å². The first-order chi connectivity index (χ1) is 11.6. The van der Waals surface area contributed by atoms with Gasteiger partial charge in [0.25, 0.3) is 0 Å². The lowest BCUT2D eigenvalue weighted by atomic mass is 9.92. The number of ether oxygens (including phenoxy) is 1. The Balaban J connectivity index is 2.01. The molecule has 0 N–H and O–H groups in total. The molecule has 1 atom stereocenters. The van der Waals surface area contributed by atoms with Crippen molar-refractivity contribution in [2.24, 2.45) is 5.92 Å². The summed E-state index contributed by atoms with van der Waals surface area (Å²) in [5.41, 5.74) is 1.42. The SMILES string of the molecule is COC(=O)C(CCC(=O)c1ccccc1)C(=O)Cc1ccccc1. The van der Waals surface area contributed by atoms with Gasteiger partial charge in [0.05, 0.1) is 7.11 Å². The monoisotopic (exact) mass is 324 g/mol. The van der Waals surface area contributed by atoms with Crippen molar-refractivity contribution < 1.29 is 19.1 Å². The highest BCUT2D eigenvalue weighted by Gasteiger charge is 2.28. The summed E-state index contributed by atoms with van der Waals surface area (Å²) in [5.74, 6) is -1.81. The number of hydrogen-bond acceptors (Lipinski definition) is 4. The summed E-state index contributed by atoms with van der Waals surface area (Å²) in [5, 5.41) is 0. The van der Waals surface area contributed by atoms with Gasteiger partial charge >= 0.3 is 5.97 Å². The van der Waals surface area contributed by atoms with Crippen LogP contribution in [0.4, 0.5) is 0 Å². The fourth-order valence-electron chi connectivity index (χ4n) is 2.52. The molecule has 0 aliphatic heterocycles. The fraction of sp³-hybridized carbons (Fsp3) is 0.250. The Morgan fingerprint density at radius 3 is 2.08 bits per heavy atom. The Morgan fingerprint density at radius 1 is 0.917 bits per heavy atom. The molecule has 4 nitrogen and oxygen atoms in total. The average molecular weight is 324 g/mol. The smallest absolute Gasteiger partial charge is 0.316 e. The molecule has 0 fully saturated rings. The van der Waals surface area contributed by atoms with Crippen LogP contribution in [0, 0.1) is 5.92 Å². The minimum atomic E-state index is -0.914. The van der Waals surface area contributed by atoms with Crippen LogP contribution in [0.5, 0.6) is 0 Å². The number of methoxy groups -OCH3 is 1. The van der Waals surface area contributed by atoms with Gasteiger partial charge in [0.15, 0.2) is 11.6 Å².